The Labute approximate surface area is 161 Å². The highest BCUT2D eigenvalue weighted by molar-refractivity contribution is 7.87. The van der Waals surface area contributed by atoms with Crippen LogP contribution in [0.3, 0.4) is 0 Å². The number of aromatic amines is 1. The maximum absolute atomic E-state index is 12.7. The minimum absolute atomic E-state index is 0.00321. The fourth-order valence-corrected chi connectivity index (χ4v) is 3.90. The van der Waals surface area contributed by atoms with Gasteiger partial charge in [0.1, 0.15) is 11.4 Å². The molecule has 0 spiro atoms. The number of nitrogens with one attached hydrogen (secondary N) is 3. The summed E-state index contributed by atoms with van der Waals surface area (Å²) < 4.78 is 35.4. The van der Waals surface area contributed by atoms with E-state index in [0.717, 1.165) is 11.6 Å². The third-order valence-electron chi connectivity index (χ3n) is 3.47. The minimum Gasteiger partial charge on any atom is -0.408 e. The fourth-order valence-electron chi connectivity index (χ4n) is 2.60. The molecule has 0 saturated heterocycles. The molecule has 1 amide bonds. The van der Waals surface area contributed by atoms with Crippen molar-refractivity contribution in [1.82, 2.24) is 15.3 Å². The van der Waals surface area contributed by atoms with Crippen molar-refractivity contribution in [2.24, 2.45) is 0 Å². The number of carbonyl (C=O) groups is 2. The third kappa shape index (κ3) is 5.39. The Bertz CT molecular complexity index is 1070. The number of ether oxygens (including phenoxy) is 1. The van der Waals surface area contributed by atoms with Crippen molar-refractivity contribution in [3.63, 3.8) is 0 Å². The molecule has 11 heteroatoms. The highest BCUT2D eigenvalue weighted by Crippen LogP contribution is 2.25. The molecule has 0 aliphatic carbocycles. The predicted molar refractivity (Wildman–Crippen MR) is 97.2 cm³/mol. The van der Waals surface area contributed by atoms with Gasteiger partial charge in [0.25, 0.3) is 0 Å². The summed E-state index contributed by atoms with van der Waals surface area (Å²) >= 11 is 0. The minimum atomic E-state index is -4.23. The summed E-state index contributed by atoms with van der Waals surface area (Å²) in [5, 5.41) is 9.87. The smallest absolute Gasteiger partial charge is 0.341 e. The van der Waals surface area contributed by atoms with E-state index in [1.165, 1.54) is 6.92 Å². The van der Waals surface area contributed by atoms with Gasteiger partial charge >= 0.3 is 16.1 Å². The number of carbonyl (C=O) groups excluding carboxylic acids is 2. The van der Waals surface area contributed by atoms with Crippen LogP contribution in [0.25, 0.3) is 0 Å². The SMILES string of the molecule is CC(=O)NCC(=O)Oc1cc(OS(=O)(=O)c2c(C)cc(C)cc2C)nc(=N)[nH]1. The summed E-state index contributed by atoms with van der Waals surface area (Å²) in [7, 11) is -4.23. The average Bonchev–Trinajstić information content (AvgIpc) is 2.50. The van der Waals surface area contributed by atoms with Gasteiger partial charge in [0.05, 0.1) is 6.07 Å². The third-order valence-corrected chi connectivity index (χ3v) is 5.01. The number of aryl methyl sites for hydroxylation is 3. The van der Waals surface area contributed by atoms with E-state index in [-0.39, 0.29) is 10.8 Å². The Morgan fingerprint density at radius 3 is 2.36 bits per heavy atom. The van der Waals surface area contributed by atoms with Crippen molar-refractivity contribution >= 4 is 22.0 Å². The Kier molecular flexibility index (Phi) is 6.19. The lowest BCUT2D eigenvalue weighted by Crippen LogP contribution is -2.30. The van der Waals surface area contributed by atoms with Crippen LogP contribution in [0.5, 0.6) is 11.8 Å². The molecule has 10 nitrogen and oxygen atoms in total. The number of rotatable bonds is 6. The summed E-state index contributed by atoms with van der Waals surface area (Å²) in [5.41, 5.74) is 1.44. The van der Waals surface area contributed by atoms with Crippen molar-refractivity contribution in [1.29, 1.82) is 5.41 Å². The lowest BCUT2D eigenvalue weighted by Gasteiger charge is -2.12. The van der Waals surface area contributed by atoms with Crippen LogP contribution >= 0.6 is 0 Å². The lowest BCUT2D eigenvalue weighted by molar-refractivity contribution is -0.135. The van der Waals surface area contributed by atoms with Crippen molar-refractivity contribution in [2.45, 2.75) is 32.6 Å². The molecule has 0 aliphatic heterocycles. The van der Waals surface area contributed by atoms with E-state index in [2.05, 4.69) is 15.3 Å². The van der Waals surface area contributed by atoms with Gasteiger partial charge in [-0.1, -0.05) is 17.7 Å². The molecule has 2 aromatic rings. The van der Waals surface area contributed by atoms with Crippen molar-refractivity contribution in [2.75, 3.05) is 6.54 Å². The van der Waals surface area contributed by atoms with Crippen LogP contribution in [-0.2, 0) is 19.7 Å². The molecular weight excluding hydrogens is 388 g/mol. The van der Waals surface area contributed by atoms with Gasteiger partial charge in [-0.15, -0.1) is 0 Å². The van der Waals surface area contributed by atoms with E-state index in [0.29, 0.717) is 11.1 Å². The van der Waals surface area contributed by atoms with Gasteiger partial charge < -0.3 is 14.2 Å². The number of benzene rings is 1. The van der Waals surface area contributed by atoms with Crippen molar-refractivity contribution in [3.8, 4) is 11.8 Å². The first-order chi connectivity index (χ1) is 13.0. The van der Waals surface area contributed by atoms with Gasteiger partial charge in [-0.25, -0.2) is 4.79 Å². The highest BCUT2D eigenvalue weighted by atomic mass is 32.2. The van der Waals surface area contributed by atoms with E-state index >= 15 is 0 Å². The highest BCUT2D eigenvalue weighted by Gasteiger charge is 2.23. The monoisotopic (exact) mass is 408 g/mol. The molecule has 150 valence electrons. The molecule has 1 aromatic heterocycles. The van der Waals surface area contributed by atoms with Crippen LogP contribution in [-0.4, -0.2) is 36.8 Å². The molecule has 0 aliphatic rings. The van der Waals surface area contributed by atoms with E-state index in [9.17, 15) is 18.0 Å². The number of amides is 1. The predicted octanol–water partition coefficient (Wildman–Crippen LogP) is 0.624. The molecule has 28 heavy (non-hydrogen) atoms. The number of esters is 1. The number of hydrogen-bond acceptors (Lipinski definition) is 8. The second-order valence-corrected chi connectivity index (χ2v) is 7.56. The van der Waals surface area contributed by atoms with E-state index in [1.54, 1.807) is 26.0 Å². The van der Waals surface area contributed by atoms with Crippen LogP contribution in [0.15, 0.2) is 23.1 Å². The summed E-state index contributed by atoms with van der Waals surface area (Å²) in [6.07, 6.45) is 0. The zero-order chi connectivity index (χ0) is 21.1. The Morgan fingerprint density at radius 2 is 1.79 bits per heavy atom. The molecule has 0 fully saturated rings. The van der Waals surface area contributed by atoms with Crippen LogP contribution < -0.4 is 19.9 Å². The zero-order valence-corrected chi connectivity index (χ0v) is 16.6. The first-order valence-electron chi connectivity index (χ1n) is 8.11. The molecule has 0 bridgehead atoms. The number of H-pyrrole nitrogens is 1. The van der Waals surface area contributed by atoms with Gasteiger partial charge in [-0.05, 0) is 31.9 Å². The summed E-state index contributed by atoms with van der Waals surface area (Å²) in [6.45, 7) is 5.98. The molecular formula is C17H20N4O6S. The van der Waals surface area contributed by atoms with Gasteiger partial charge in [0.15, 0.2) is 0 Å². The molecule has 0 radical (unpaired) electrons. The molecule has 0 unspecified atom stereocenters. The standard InChI is InChI=1S/C17H20N4O6S/c1-9-5-10(2)16(11(3)6-9)28(24,25)27-14-7-13(20-17(18)21-14)26-15(23)8-19-12(4)22/h5-7H,8H2,1-4H3,(H,19,22)(H2,18,20,21). The number of hydrogen-bond donors (Lipinski definition) is 3. The van der Waals surface area contributed by atoms with E-state index in [4.69, 9.17) is 14.3 Å². The first kappa shape index (κ1) is 21.1. The van der Waals surface area contributed by atoms with E-state index < -0.39 is 40.0 Å². The molecule has 0 saturated carbocycles. The van der Waals surface area contributed by atoms with Crippen LogP contribution in [0, 0.1) is 26.2 Å². The van der Waals surface area contributed by atoms with E-state index in [1.807, 2.05) is 6.92 Å². The maximum atomic E-state index is 12.7. The normalized spacial score (nSPS) is 11.0. The summed E-state index contributed by atoms with van der Waals surface area (Å²) in [5.74, 6) is -1.93. The van der Waals surface area contributed by atoms with Gasteiger partial charge in [0.2, 0.25) is 23.3 Å². The van der Waals surface area contributed by atoms with Crippen LogP contribution in [0.2, 0.25) is 0 Å². The quantitative estimate of drug-likeness (QED) is 0.468. The Hall–Kier alpha value is -3.21. The van der Waals surface area contributed by atoms with Gasteiger partial charge in [-0.3, -0.25) is 15.2 Å². The topological polar surface area (TPSA) is 151 Å². The van der Waals surface area contributed by atoms with Crippen LogP contribution in [0.4, 0.5) is 0 Å². The molecule has 2 rings (SSSR count). The number of nitrogens with zero attached hydrogens (tertiary/aromatic N) is 1. The molecule has 3 N–H and O–H groups in total. The second-order valence-electron chi connectivity index (χ2n) is 6.08. The van der Waals surface area contributed by atoms with Gasteiger partial charge in [-0.2, -0.15) is 13.4 Å². The lowest BCUT2D eigenvalue weighted by atomic mass is 10.1. The Balaban J connectivity index is 2.29. The van der Waals surface area contributed by atoms with Crippen molar-refractivity contribution in [3.05, 3.63) is 40.5 Å². The second kappa shape index (κ2) is 8.21. The number of aromatic nitrogens is 2. The van der Waals surface area contributed by atoms with Crippen LogP contribution in [0.1, 0.15) is 23.6 Å². The fraction of sp³-hybridized carbons (Fsp3) is 0.294. The van der Waals surface area contributed by atoms with Gasteiger partial charge in [0, 0.05) is 6.92 Å². The maximum Gasteiger partial charge on any atom is 0.341 e. The largest absolute Gasteiger partial charge is 0.408 e. The average molecular weight is 408 g/mol. The summed E-state index contributed by atoms with van der Waals surface area (Å²) in [4.78, 5) is 28.5. The Morgan fingerprint density at radius 1 is 1.18 bits per heavy atom. The molecule has 1 heterocycles. The zero-order valence-electron chi connectivity index (χ0n) is 15.7. The molecule has 0 atom stereocenters. The van der Waals surface area contributed by atoms with Crippen molar-refractivity contribution < 1.29 is 26.9 Å². The molecule has 1 aromatic carbocycles. The summed E-state index contributed by atoms with van der Waals surface area (Å²) in [6, 6.07) is 4.45. The first-order valence-corrected chi connectivity index (χ1v) is 9.52.